The van der Waals surface area contributed by atoms with Gasteiger partial charge in [0.2, 0.25) is 11.8 Å². The van der Waals surface area contributed by atoms with Crippen LogP contribution in [0.3, 0.4) is 0 Å². The van der Waals surface area contributed by atoms with Gasteiger partial charge in [-0.25, -0.2) is 0 Å². The number of amides is 2. The van der Waals surface area contributed by atoms with Gasteiger partial charge in [0.25, 0.3) is 0 Å². The van der Waals surface area contributed by atoms with Crippen molar-refractivity contribution in [3.05, 3.63) is 0 Å². The van der Waals surface area contributed by atoms with Crippen molar-refractivity contribution < 1.29 is 9.59 Å². The fourth-order valence-electron chi connectivity index (χ4n) is 1.26. The van der Waals surface area contributed by atoms with Gasteiger partial charge in [0.1, 0.15) is 0 Å². The van der Waals surface area contributed by atoms with Crippen LogP contribution in [-0.4, -0.2) is 48.3 Å². The van der Waals surface area contributed by atoms with Crippen LogP contribution in [0.25, 0.3) is 0 Å². The van der Waals surface area contributed by atoms with Crippen LogP contribution in [-0.2, 0) is 9.59 Å². The first kappa shape index (κ1) is 14.9. The Morgan fingerprint density at radius 3 is 2.06 bits per heavy atom. The van der Waals surface area contributed by atoms with E-state index in [0.717, 1.165) is 6.42 Å². The van der Waals surface area contributed by atoms with Crippen molar-refractivity contribution in [1.82, 2.24) is 9.80 Å². The number of hydrogen-bond donors (Lipinski definition) is 0. The zero-order valence-corrected chi connectivity index (χ0v) is 11.1. The van der Waals surface area contributed by atoms with E-state index in [4.69, 9.17) is 0 Å². The third kappa shape index (κ3) is 5.14. The largest absolute Gasteiger partial charge is 0.345 e. The van der Waals surface area contributed by atoms with E-state index in [1.54, 1.807) is 23.9 Å². The predicted molar refractivity (Wildman–Crippen MR) is 65.1 cm³/mol. The third-order valence-corrected chi connectivity index (χ3v) is 2.72. The minimum absolute atomic E-state index is 0.0890. The van der Waals surface area contributed by atoms with Gasteiger partial charge in [-0.15, -0.1) is 0 Å². The van der Waals surface area contributed by atoms with Gasteiger partial charge in [0, 0.05) is 39.5 Å². The molecule has 0 unspecified atom stereocenters. The van der Waals surface area contributed by atoms with E-state index in [-0.39, 0.29) is 17.9 Å². The summed E-state index contributed by atoms with van der Waals surface area (Å²) in [5.74, 6) is 0.202. The molecule has 0 aromatic rings. The smallest absolute Gasteiger partial charge is 0.224 e. The molecule has 0 rings (SSSR count). The number of carbonyl (C=O) groups is 2. The molecule has 94 valence electrons. The van der Waals surface area contributed by atoms with Crippen molar-refractivity contribution in [1.29, 1.82) is 0 Å². The number of rotatable bonds is 6. The van der Waals surface area contributed by atoms with Crippen LogP contribution in [0.5, 0.6) is 0 Å². The Kier molecular flexibility index (Phi) is 6.77. The van der Waals surface area contributed by atoms with Gasteiger partial charge in [-0.05, 0) is 20.3 Å². The van der Waals surface area contributed by atoms with Crippen LogP contribution < -0.4 is 0 Å². The summed E-state index contributed by atoms with van der Waals surface area (Å²) in [7, 11) is 3.54. The summed E-state index contributed by atoms with van der Waals surface area (Å²) in [4.78, 5) is 26.5. The number of hydrogen-bond acceptors (Lipinski definition) is 2. The summed E-state index contributed by atoms with van der Waals surface area (Å²) in [6.07, 6.45) is 1.81. The topological polar surface area (TPSA) is 40.6 Å². The highest BCUT2D eigenvalue weighted by Gasteiger charge is 2.14. The Morgan fingerprint density at radius 2 is 1.62 bits per heavy atom. The van der Waals surface area contributed by atoms with Crippen LogP contribution in [0, 0.1) is 0 Å². The first-order chi connectivity index (χ1) is 7.40. The molecule has 0 spiro atoms. The molecule has 0 aliphatic rings. The minimum atomic E-state index is 0.0890. The molecule has 0 aromatic carbocycles. The second-order valence-corrected chi connectivity index (χ2v) is 4.41. The lowest BCUT2D eigenvalue weighted by atomic mass is 10.2. The molecular weight excluding hydrogens is 204 g/mol. The average molecular weight is 228 g/mol. The molecule has 0 N–H and O–H groups in total. The van der Waals surface area contributed by atoms with Crippen molar-refractivity contribution in [2.24, 2.45) is 0 Å². The van der Waals surface area contributed by atoms with Crippen molar-refractivity contribution in [2.75, 3.05) is 20.6 Å². The number of nitrogens with zero attached hydrogens (tertiary/aromatic N) is 2. The predicted octanol–water partition coefficient (Wildman–Crippen LogP) is 1.50. The lowest BCUT2D eigenvalue weighted by Gasteiger charge is -2.23. The SMILES string of the molecule is CCCC(=O)N(C)CCC(=O)N(C)C(C)C. The van der Waals surface area contributed by atoms with Crippen molar-refractivity contribution in [3.63, 3.8) is 0 Å². The molecular formula is C12H24N2O2. The van der Waals surface area contributed by atoms with Crippen LogP contribution >= 0.6 is 0 Å². The van der Waals surface area contributed by atoms with E-state index in [1.807, 2.05) is 20.8 Å². The molecule has 2 amide bonds. The van der Waals surface area contributed by atoms with Gasteiger partial charge in [0.15, 0.2) is 0 Å². The van der Waals surface area contributed by atoms with Crippen molar-refractivity contribution >= 4 is 11.8 Å². The van der Waals surface area contributed by atoms with Gasteiger partial charge in [0.05, 0.1) is 0 Å². The Hall–Kier alpha value is -1.06. The minimum Gasteiger partial charge on any atom is -0.345 e. The van der Waals surface area contributed by atoms with E-state index in [9.17, 15) is 9.59 Å². The molecule has 0 aliphatic carbocycles. The Morgan fingerprint density at radius 1 is 1.06 bits per heavy atom. The maximum absolute atomic E-state index is 11.7. The maximum atomic E-state index is 11.7. The van der Waals surface area contributed by atoms with Crippen molar-refractivity contribution in [3.8, 4) is 0 Å². The molecule has 4 nitrogen and oxygen atoms in total. The lowest BCUT2D eigenvalue weighted by molar-refractivity contribution is -0.133. The van der Waals surface area contributed by atoms with Crippen LogP contribution in [0.15, 0.2) is 0 Å². The number of carbonyl (C=O) groups excluding carboxylic acids is 2. The van der Waals surface area contributed by atoms with Gasteiger partial charge >= 0.3 is 0 Å². The van der Waals surface area contributed by atoms with E-state index in [1.165, 1.54) is 0 Å². The fourth-order valence-corrected chi connectivity index (χ4v) is 1.26. The maximum Gasteiger partial charge on any atom is 0.224 e. The first-order valence-corrected chi connectivity index (χ1v) is 5.89. The molecule has 16 heavy (non-hydrogen) atoms. The van der Waals surface area contributed by atoms with E-state index in [0.29, 0.717) is 19.4 Å². The summed E-state index contributed by atoms with van der Waals surface area (Å²) in [5, 5.41) is 0. The monoisotopic (exact) mass is 228 g/mol. The van der Waals surface area contributed by atoms with Gasteiger partial charge in [-0.2, -0.15) is 0 Å². The molecule has 0 heterocycles. The summed E-state index contributed by atoms with van der Waals surface area (Å²) < 4.78 is 0. The quantitative estimate of drug-likeness (QED) is 0.691. The molecule has 0 saturated heterocycles. The molecule has 0 bridgehead atoms. The molecule has 0 fully saturated rings. The molecule has 4 heteroatoms. The van der Waals surface area contributed by atoms with E-state index < -0.39 is 0 Å². The zero-order valence-electron chi connectivity index (χ0n) is 11.1. The molecule has 0 aliphatic heterocycles. The Labute approximate surface area is 98.6 Å². The Balaban J connectivity index is 3.96. The standard InChI is InChI=1S/C12H24N2O2/c1-6-7-11(15)13(4)9-8-12(16)14(5)10(2)3/h10H,6-9H2,1-5H3. The van der Waals surface area contributed by atoms with Crippen LogP contribution in [0.1, 0.15) is 40.0 Å². The fraction of sp³-hybridized carbons (Fsp3) is 0.833. The molecule has 0 aromatic heterocycles. The van der Waals surface area contributed by atoms with Crippen LogP contribution in [0.2, 0.25) is 0 Å². The normalized spacial score (nSPS) is 10.4. The van der Waals surface area contributed by atoms with Crippen LogP contribution in [0.4, 0.5) is 0 Å². The van der Waals surface area contributed by atoms with E-state index in [2.05, 4.69) is 0 Å². The highest BCUT2D eigenvalue weighted by atomic mass is 16.2. The molecule has 0 atom stereocenters. The lowest BCUT2D eigenvalue weighted by Crippen LogP contribution is -2.36. The van der Waals surface area contributed by atoms with Crippen molar-refractivity contribution in [2.45, 2.75) is 46.1 Å². The third-order valence-electron chi connectivity index (χ3n) is 2.72. The Bertz CT molecular complexity index is 239. The van der Waals surface area contributed by atoms with Gasteiger partial charge in [-0.3, -0.25) is 9.59 Å². The summed E-state index contributed by atoms with van der Waals surface area (Å²) in [6, 6.07) is 0.212. The summed E-state index contributed by atoms with van der Waals surface area (Å²) in [5.41, 5.74) is 0. The highest BCUT2D eigenvalue weighted by molar-refractivity contribution is 5.79. The second-order valence-electron chi connectivity index (χ2n) is 4.41. The van der Waals surface area contributed by atoms with Gasteiger partial charge in [-0.1, -0.05) is 6.92 Å². The summed E-state index contributed by atoms with van der Waals surface area (Å²) >= 11 is 0. The second kappa shape index (κ2) is 7.25. The zero-order chi connectivity index (χ0) is 12.7. The molecule has 0 radical (unpaired) electrons. The van der Waals surface area contributed by atoms with E-state index >= 15 is 0 Å². The molecule has 0 saturated carbocycles. The summed E-state index contributed by atoms with van der Waals surface area (Å²) in [6.45, 7) is 6.44. The highest BCUT2D eigenvalue weighted by Crippen LogP contribution is 2.01. The first-order valence-electron chi connectivity index (χ1n) is 5.89. The van der Waals surface area contributed by atoms with Gasteiger partial charge < -0.3 is 9.80 Å². The average Bonchev–Trinajstić information content (AvgIpc) is 2.24.